The third-order valence-electron chi connectivity index (χ3n) is 1.11. The van der Waals surface area contributed by atoms with E-state index in [1.165, 1.54) is 0 Å². The van der Waals surface area contributed by atoms with Crippen LogP contribution in [0.5, 0.6) is 0 Å². The molecule has 0 saturated heterocycles. The maximum Gasteiger partial charge on any atom is 0.327 e. The molecule has 0 rings (SSSR count). The number of hydrogen-bond donors (Lipinski definition) is 4. The molecule has 0 aliphatic heterocycles. The molecule has 4 N–H and O–H groups in total. The van der Waals surface area contributed by atoms with E-state index in [0.717, 1.165) is 24.3 Å². The Morgan fingerprint density at radius 2 is 0.947 bits per heavy atom. The second-order valence-electron chi connectivity index (χ2n) is 2.68. The zero-order chi connectivity index (χ0) is 14.6. The van der Waals surface area contributed by atoms with Crippen molar-refractivity contribution in [2.24, 2.45) is 0 Å². The van der Waals surface area contributed by atoms with Gasteiger partial charge in [0, 0.05) is 28.6 Å². The van der Waals surface area contributed by atoms with E-state index in [1.54, 1.807) is 0 Å². The molecule has 0 aromatic rings. The molecule has 0 spiro atoms. The normalized spacial score (nSPS) is 9.26. The molecule has 0 aliphatic carbocycles. The predicted molar refractivity (Wildman–Crippen MR) is 58.1 cm³/mol. The molecular formula is C10H12NiO8. The SMILES string of the molecule is O=C(O)C=CCC(=O)O.O=C(O)C=CCC(=O)O.[Ni]. The summed E-state index contributed by atoms with van der Waals surface area (Å²) < 4.78 is 0. The van der Waals surface area contributed by atoms with Gasteiger partial charge in [0.25, 0.3) is 0 Å². The van der Waals surface area contributed by atoms with Crippen molar-refractivity contribution in [1.29, 1.82) is 0 Å². The van der Waals surface area contributed by atoms with Gasteiger partial charge in [-0.25, -0.2) is 9.59 Å². The van der Waals surface area contributed by atoms with Gasteiger partial charge in [0.1, 0.15) is 0 Å². The molecule has 9 heteroatoms. The molecule has 0 bridgehead atoms. The Hall–Kier alpha value is -2.15. The molecule has 0 aromatic heterocycles. The van der Waals surface area contributed by atoms with Crippen molar-refractivity contribution < 1.29 is 56.1 Å². The fourth-order valence-electron chi connectivity index (χ4n) is 0.521. The molecule has 0 aliphatic rings. The fourth-order valence-corrected chi connectivity index (χ4v) is 0.521. The average molecular weight is 319 g/mol. The second kappa shape index (κ2) is 13.9. The van der Waals surface area contributed by atoms with Crippen molar-refractivity contribution >= 4 is 23.9 Å². The number of rotatable bonds is 6. The average Bonchev–Trinajstić information content (AvgIpc) is 2.15. The fraction of sp³-hybridized carbons (Fsp3) is 0.200. The van der Waals surface area contributed by atoms with Crippen LogP contribution in [-0.2, 0) is 35.7 Å². The Labute approximate surface area is 118 Å². The van der Waals surface area contributed by atoms with Gasteiger partial charge in [-0.2, -0.15) is 0 Å². The van der Waals surface area contributed by atoms with Crippen molar-refractivity contribution in [3.63, 3.8) is 0 Å². The third-order valence-corrected chi connectivity index (χ3v) is 1.11. The summed E-state index contributed by atoms with van der Waals surface area (Å²) in [5.41, 5.74) is 0. The molecule has 8 nitrogen and oxygen atoms in total. The van der Waals surface area contributed by atoms with Gasteiger partial charge in [0.2, 0.25) is 0 Å². The Morgan fingerprint density at radius 1 is 0.684 bits per heavy atom. The van der Waals surface area contributed by atoms with Crippen LogP contribution in [0.2, 0.25) is 0 Å². The molecular weight excluding hydrogens is 307 g/mol. The van der Waals surface area contributed by atoms with Crippen LogP contribution in [-0.4, -0.2) is 44.3 Å². The van der Waals surface area contributed by atoms with Crippen LogP contribution >= 0.6 is 0 Å². The van der Waals surface area contributed by atoms with Gasteiger partial charge in [-0.05, 0) is 0 Å². The van der Waals surface area contributed by atoms with Crippen LogP contribution in [0.15, 0.2) is 24.3 Å². The molecule has 0 atom stereocenters. The standard InChI is InChI=1S/2C5H6O4.Ni/c2*6-4(7)2-1-3-5(8)9;/h2*1-2H,3H2,(H,6,7)(H,8,9);. The van der Waals surface area contributed by atoms with Gasteiger partial charge in [-0.1, -0.05) is 12.2 Å². The van der Waals surface area contributed by atoms with Crippen LogP contribution in [0.3, 0.4) is 0 Å². The number of carbonyl (C=O) groups is 4. The summed E-state index contributed by atoms with van der Waals surface area (Å²) in [7, 11) is 0. The van der Waals surface area contributed by atoms with Crippen molar-refractivity contribution in [3.05, 3.63) is 24.3 Å². The smallest absolute Gasteiger partial charge is 0.327 e. The van der Waals surface area contributed by atoms with Crippen LogP contribution in [0.1, 0.15) is 12.8 Å². The first-order chi connectivity index (χ1) is 8.25. The van der Waals surface area contributed by atoms with E-state index in [1.807, 2.05) is 0 Å². The van der Waals surface area contributed by atoms with Gasteiger partial charge in [0.15, 0.2) is 0 Å². The summed E-state index contributed by atoms with van der Waals surface area (Å²) in [6, 6.07) is 0. The Morgan fingerprint density at radius 3 is 1.11 bits per heavy atom. The minimum Gasteiger partial charge on any atom is -0.481 e. The third kappa shape index (κ3) is 31.3. The minimum atomic E-state index is -1.13. The molecule has 0 heterocycles. The van der Waals surface area contributed by atoms with Gasteiger partial charge >= 0.3 is 23.9 Å². The summed E-state index contributed by atoms with van der Waals surface area (Å²) in [5.74, 6) is -4.33. The van der Waals surface area contributed by atoms with Gasteiger partial charge in [-0.15, -0.1) is 0 Å². The van der Waals surface area contributed by atoms with Crippen molar-refractivity contribution in [2.75, 3.05) is 0 Å². The van der Waals surface area contributed by atoms with E-state index in [9.17, 15) is 19.2 Å². The Balaban J connectivity index is -0.000000256. The van der Waals surface area contributed by atoms with Gasteiger partial charge in [-0.3, -0.25) is 9.59 Å². The summed E-state index contributed by atoms with van der Waals surface area (Å²) >= 11 is 0. The van der Waals surface area contributed by atoms with E-state index in [-0.39, 0.29) is 29.3 Å². The number of carboxylic acid groups (broad SMARTS) is 4. The number of hydrogen-bond acceptors (Lipinski definition) is 4. The van der Waals surface area contributed by atoms with Crippen LogP contribution in [0, 0.1) is 0 Å². The van der Waals surface area contributed by atoms with E-state index < -0.39 is 23.9 Å². The second-order valence-corrected chi connectivity index (χ2v) is 2.68. The Bertz CT molecular complexity index is 336. The zero-order valence-corrected chi connectivity index (χ0v) is 10.4. The maximum absolute atomic E-state index is 9.74. The van der Waals surface area contributed by atoms with Crippen LogP contribution in [0.4, 0.5) is 0 Å². The molecule has 0 amide bonds. The van der Waals surface area contributed by atoms with Crippen molar-refractivity contribution in [2.45, 2.75) is 12.8 Å². The molecule has 0 unspecified atom stereocenters. The molecule has 0 aromatic carbocycles. The largest absolute Gasteiger partial charge is 0.481 e. The number of carboxylic acids is 4. The first-order valence-corrected chi connectivity index (χ1v) is 4.48. The number of aliphatic carboxylic acids is 4. The van der Waals surface area contributed by atoms with Gasteiger partial charge < -0.3 is 20.4 Å². The summed E-state index contributed by atoms with van der Waals surface area (Å²) in [5, 5.41) is 31.9. The summed E-state index contributed by atoms with van der Waals surface area (Å²) in [4.78, 5) is 38.9. The predicted octanol–water partition coefficient (Wildman–Crippen LogP) is 0.201. The molecule has 19 heavy (non-hydrogen) atoms. The topological polar surface area (TPSA) is 149 Å². The van der Waals surface area contributed by atoms with E-state index in [0.29, 0.717) is 0 Å². The first kappa shape index (κ1) is 22.1. The molecule has 0 radical (unpaired) electrons. The van der Waals surface area contributed by atoms with Crippen LogP contribution < -0.4 is 0 Å². The molecule has 0 saturated carbocycles. The quantitative estimate of drug-likeness (QED) is 0.400. The Kier molecular flexibility index (Phi) is 16.2. The van der Waals surface area contributed by atoms with Crippen molar-refractivity contribution in [1.82, 2.24) is 0 Å². The molecule has 110 valence electrons. The zero-order valence-electron chi connectivity index (χ0n) is 9.46. The minimum absolute atomic E-state index is 0. The summed E-state index contributed by atoms with van der Waals surface area (Å²) in [6.07, 6.45) is 3.26. The monoisotopic (exact) mass is 318 g/mol. The van der Waals surface area contributed by atoms with Gasteiger partial charge in [0.05, 0.1) is 12.8 Å². The van der Waals surface area contributed by atoms with E-state index >= 15 is 0 Å². The van der Waals surface area contributed by atoms with E-state index in [4.69, 9.17) is 20.4 Å². The van der Waals surface area contributed by atoms with Crippen LogP contribution in [0.25, 0.3) is 0 Å². The van der Waals surface area contributed by atoms with Crippen molar-refractivity contribution in [3.8, 4) is 0 Å². The van der Waals surface area contributed by atoms with E-state index in [2.05, 4.69) is 0 Å². The molecule has 0 fully saturated rings. The summed E-state index contributed by atoms with van der Waals surface area (Å²) in [6.45, 7) is 0. The first-order valence-electron chi connectivity index (χ1n) is 4.48. The maximum atomic E-state index is 9.74.